The average Bonchev–Trinajstić information content (AvgIpc) is 2.35. The molecule has 1 aliphatic carbocycles. The van der Waals surface area contributed by atoms with Crippen molar-refractivity contribution < 1.29 is 14.7 Å². The van der Waals surface area contributed by atoms with Gasteiger partial charge in [-0.25, -0.2) is 4.79 Å². The van der Waals surface area contributed by atoms with Crippen molar-refractivity contribution in [2.75, 3.05) is 0 Å². The van der Waals surface area contributed by atoms with E-state index in [0.29, 0.717) is 6.42 Å². The Morgan fingerprint density at radius 3 is 2.37 bits per heavy atom. The molecule has 0 aliphatic heterocycles. The Hall–Kier alpha value is -1.10. The van der Waals surface area contributed by atoms with E-state index < -0.39 is 17.6 Å². The Morgan fingerprint density at radius 2 is 1.89 bits per heavy atom. The Morgan fingerprint density at radius 1 is 1.32 bits per heavy atom. The van der Waals surface area contributed by atoms with Gasteiger partial charge in [0.05, 0.1) is 0 Å². The second kappa shape index (κ2) is 6.89. The largest absolute Gasteiger partial charge is 0.480 e. The quantitative estimate of drug-likeness (QED) is 0.684. The number of aliphatic carboxylic acids is 1. The fraction of sp³-hybridized carbons (Fsp3) is 0.857. The molecule has 0 saturated heterocycles. The first-order valence-electron chi connectivity index (χ1n) is 7.19. The fourth-order valence-corrected chi connectivity index (χ4v) is 2.66. The first kappa shape index (κ1) is 16.0. The molecule has 0 radical (unpaired) electrons. The van der Waals surface area contributed by atoms with Crippen LogP contribution in [0.1, 0.15) is 58.8 Å². The summed E-state index contributed by atoms with van der Waals surface area (Å²) in [6.07, 6.45) is 5.92. The van der Waals surface area contributed by atoms with Gasteiger partial charge in [0.15, 0.2) is 0 Å². The number of carbonyl (C=O) groups is 2. The van der Waals surface area contributed by atoms with Gasteiger partial charge in [-0.3, -0.25) is 4.79 Å². The summed E-state index contributed by atoms with van der Waals surface area (Å²) >= 11 is 0. The maximum Gasteiger partial charge on any atom is 0.326 e. The summed E-state index contributed by atoms with van der Waals surface area (Å²) in [6, 6.07) is -0.815. The summed E-state index contributed by atoms with van der Waals surface area (Å²) < 4.78 is 0. The molecular formula is C14H26N2O3. The molecule has 4 N–H and O–H groups in total. The summed E-state index contributed by atoms with van der Waals surface area (Å²) in [6.45, 7) is 3.75. The number of nitrogens with two attached hydrogens (primary N) is 1. The molecule has 2 atom stereocenters. The maximum atomic E-state index is 12.0. The molecule has 1 fully saturated rings. The third-order valence-electron chi connectivity index (χ3n) is 4.16. The minimum absolute atomic E-state index is 0.0819. The van der Waals surface area contributed by atoms with Crippen LogP contribution < -0.4 is 11.1 Å². The predicted octanol–water partition coefficient (Wildman–Crippen LogP) is 1.65. The van der Waals surface area contributed by atoms with E-state index in [9.17, 15) is 9.59 Å². The van der Waals surface area contributed by atoms with E-state index >= 15 is 0 Å². The number of amides is 1. The van der Waals surface area contributed by atoms with E-state index in [-0.39, 0.29) is 18.2 Å². The first-order chi connectivity index (χ1) is 8.88. The molecule has 0 bridgehead atoms. The lowest BCUT2D eigenvalue weighted by molar-refractivity contribution is -0.143. The van der Waals surface area contributed by atoms with Crippen LogP contribution in [0.15, 0.2) is 0 Å². The number of carboxylic acids is 1. The lowest BCUT2D eigenvalue weighted by Gasteiger charge is -2.33. The van der Waals surface area contributed by atoms with Gasteiger partial charge in [-0.1, -0.05) is 39.5 Å². The summed E-state index contributed by atoms with van der Waals surface area (Å²) in [5.74, 6) is -1.30. The highest BCUT2D eigenvalue weighted by Gasteiger charge is 2.32. The number of nitrogens with one attached hydrogen (secondary N) is 1. The van der Waals surface area contributed by atoms with Crippen molar-refractivity contribution in [2.45, 2.75) is 70.4 Å². The van der Waals surface area contributed by atoms with Gasteiger partial charge in [0.25, 0.3) is 0 Å². The zero-order chi connectivity index (χ0) is 14.5. The van der Waals surface area contributed by atoms with E-state index in [1.165, 1.54) is 6.42 Å². The van der Waals surface area contributed by atoms with Crippen molar-refractivity contribution in [1.82, 2.24) is 5.32 Å². The zero-order valence-electron chi connectivity index (χ0n) is 11.9. The minimum atomic E-state index is -0.975. The van der Waals surface area contributed by atoms with Gasteiger partial charge in [0, 0.05) is 12.0 Å². The van der Waals surface area contributed by atoms with E-state index in [0.717, 1.165) is 25.7 Å². The minimum Gasteiger partial charge on any atom is -0.480 e. The molecule has 1 saturated carbocycles. The van der Waals surface area contributed by atoms with Crippen molar-refractivity contribution in [3.63, 3.8) is 0 Å². The second-order valence-corrected chi connectivity index (χ2v) is 5.87. The smallest absolute Gasteiger partial charge is 0.326 e. The topological polar surface area (TPSA) is 92.4 Å². The van der Waals surface area contributed by atoms with E-state index in [4.69, 9.17) is 10.8 Å². The SMILES string of the molecule is CCC(C)[C@H](NC(=O)CC1(N)CCCCC1)C(=O)O. The van der Waals surface area contributed by atoms with E-state index in [2.05, 4.69) is 5.32 Å². The monoisotopic (exact) mass is 270 g/mol. The van der Waals surface area contributed by atoms with Crippen LogP contribution in [-0.4, -0.2) is 28.6 Å². The van der Waals surface area contributed by atoms with E-state index in [1.807, 2.05) is 13.8 Å². The van der Waals surface area contributed by atoms with Crippen LogP contribution >= 0.6 is 0 Å². The van der Waals surface area contributed by atoms with Crippen molar-refractivity contribution in [3.05, 3.63) is 0 Å². The molecular weight excluding hydrogens is 244 g/mol. The Balaban J connectivity index is 2.55. The van der Waals surface area contributed by atoms with Crippen LogP contribution in [0, 0.1) is 5.92 Å². The van der Waals surface area contributed by atoms with Crippen LogP contribution in [0.2, 0.25) is 0 Å². The number of carboxylic acid groups (broad SMARTS) is 1. The zero-order valence-corrected chi connectivity index (χ0v) is 11.9. The molecule has 0 spiro atoms. The Kier molecular flexibility index (Phi) is 5.79. The molecule has 0 heterocycles. The van der Waals surface area contributed by atoms with Gasteiger partial charge >= 0.3 is 5.97 Å². The van der Waals surface area contributed by atoms with Crippen LogP contribution in [0.25, 0.3) is 0 Å². The van der Waals surface area contributed by atoms with Gasteiger partial charge in [0.2, 0.25) is 5.91 Å². The molecule has 1 aliphatic rings. The van der Waals surface area contributed by atoms with Gasteiger partial charge in [-0.05, 0) is 18.8 Å². The molecule has 5 nitrogen and oxygen atoms in total. The maximum absolute atomic E-state index is 12.0. The molecule has 110 valence electrons. The first-order valence-corrected chi connectivity index (χ1v) is 7.19. The second-order valence-electron chi connectivity index (χ2n) is 5.87. The normalized spacial score (nSPS) is 21.4. The molecule has 0 aromatic heterocycles. The number of hydrogen-bond acceptors (Lipinski definition) is 3. The third-order valence-corrected chi connectivity index (χ3v) is 4.16. The Bertz CT molecular complexity index is 325. The van der Waals surface area contributed by atoms with Gasteiger partial charge in [0.1, 0.15) is 6.04 Å². The highest BCUT2D eigenvalue weighted by Crippen LogP contribution is 2.28. The molecule has 1 amide bonds. The lowest BCUT2D eigenvalue weighted by Crippen LogP contribution is -2.50. The number of hydrogen-bond donors (Lipinski definition) is 3. The molecule has 1 unspecified atom stereocenters. The van der Waals surface area contributed by atoms with Crippen LogP contribution in [0.5, 0.6) is 0 Å². The van der Waals surface area contributed by atoms with Crippen LogP contribution in [0.3, 0.4) is 0 Å². The molecule has 0 aromatic rings. The standard InChI is InChI=1S/C14H26N2O3/c1-3-10(2)12(13(18)19)16-11(17)9-14(15)7-5-4-6-8-14/h10,12H,3-9,15H2,1-2H3,(H,16,17)(H,18,19)/t10?,12-/m0/s1. The molecule has 19 heavy (non-hydrogen) atoms. The van der Waals surface area contributed by atoms with E-state index in [1.54, 1.807) is 0 Å². The Labute approximate surface area is 114 Å². The van der Waals surface area contributed by atoms with Crippen LogP contribution in [-0.2, 0) is 9.59 Å². The number of rotatable bonds is 6. The highest BCUT2D eigenvalue weighted by atomic mass is 16.4. The summed E-state index contributed by atoms with van der Waals surface area (Å²) in [4.78, 5) is 23.2. The van der Waals surface area contributed by atoms with Crippen molar-refractivity contribution in [2.24, 2.45) is 11.7 Å². The average molecular weight is 270 g/mol. The van der Waals surface area contributed by atoms with Gasteiger partial charge in [-0.15, -0.1) is 0 Å². The van der Waals surface area contributed by atoms with Crippen molar-refractivity contribution >= 4 is 11.9 Å². The van der Waals surface area contributed by atoms with Crippen LogP contribution in [0.4, 0.5) is 0 Å². The van der Waals surface area contributed by atoms with Gasteiger partial charge < -0.3 is 16.2 Å². The molecule has 5 heteroatoms. The molecule has 1 rings (SSSR count). The number of carbonyl (C=O) groups excluding carboxylic acids is 1. The summed E-state index contributed by atoms with van der Waals surface area (Å²) in [7, 11) is 0. The summed E-state index contributed by atoms with van der Waals surface area (Å²) in [5.41, 5.74) is 5.77. The molecule has 0 aromatic carbocycles. The predicted molar refractivity (Wildman–Crippen MR) is 73.6 cm³/mol. The van der Waals surface area contributed by atoms with Gasteiger partial charge in [-0.2, -0.15) is 0 Å². The fourth-order valence-electron chi connectivity index (χ4n) is 2.66. The highest BCUT2D eigenvalue weighted by molar-refractivity contribution is 5.84. The van der Waals surface area contributed by atoms with Crippen molar-refractivity contribution in [1.29, 1.82) is 0 Å². The van der Waals surface area contributed by atoms with Crippen molar-refractivity contribution in [3.8, 4) is 0 Å². The third kappa shape index (κ3) is 4.82. The lowest BCUT2D eigenvalue weighted by atomic mass is 9.80. The summed E-state index contributed by atoms with van der Waals surface area (Å²) in [5, 5.41) is 11.8.